The molecule has 2 aromatic rings. The molecule has 3 heterocycles. The van der Waals surface area contributed by atoms with E-state index >= 15 is 0 Å². The minimum absolute atomic E-state index is 0.0281. The third-order valence-electron chi connectivity index (χ3n) is 8.20. The number of benzene rings is 2. The second-order valence-electron chi connectivity index (χ2n) is 10.8. The Hall–Kier alpha value is -2.75. The topological polar surface area (TPSA) is 90.0 Å². The maximum atomic E-state index is 13.4. The smallest absolute Gasteiger partial charge is 0.243 e. The molecule has 9 heteroatoms. The van der Waals surface area contributed by atoms with Crippen LogP contribution in [0.5, 0.6) is 0 Å². The van der Waals surface area contributed by atoms with Crippen molar-refractivity contribution in [2.24, 2.45) is 5.92 Å². The van der Waals surface area contributed by atoms with Crippen LogP contribution in [0.4, 0.5) is 5.69 Å². The average Bonchev–Trinajstić information content (AvgIpc) is 2.94. The summed E-state index contributed by atoms with van der Waals surface area (Å²) < 4.78 is 28.3. The number of anilines is 1. The van der Waals surface area contributed by atoms with E-state index in [0.29, 0.717) is 32.5 Å². The Morgan fingerprint density at radius 1 is 0.921 bits per heavy atom. The number of aryl methyl sites for hydroxylation is 1. The predicted octanol–water partition coefficient (Wildman–Crippen LogP) is 3.17. The fraction of sp³-hybridized carbons (Fsp3) is 0.517. The molecule has 3 aliphatic heterocycles. The molecule has 0 aromatic heterocycles. The fourth-order valence-corrected chi connectivity index (χ4v) is 7.49. The van der Waals surface area contributed by atoms with E-state index < -0.39 is 10.0 Å². The summed E-state index contributed by atoms with van der Waals surface area (Å²) in [6, 6.07) is 15.7. The molecule has 0 unspecified atom stereocenters. The summed E-state index contributed by atoms with van der Waals surface area (Å²) in [5.41, 5.74) is 3.02. The van der Waals surface area contributed by atoms with Gasteiger partial charge in [0, 0.05) is 63.8 Å². The van der Waals surface area contributed by atoms with Gasteiger partial charge in [-0.05, 0) is 67.9 Å². The van der Waals surface area contributed by atoms with Crippen molar-refractivity contribution in [1.29, 1.82) is 0 Å². The van der Waals surface area contributed by atoms with E-state index in [-0.39, 0.29) is 28.7 Å². The van der Waals surface area contributed by atoms with Crippen molar-refractivity contribution in [1.82, 2.24) is 14.5 Å². The van der Waals surface area contributed by atoms with Crippen LogP contribution in [0.1, 0.15) is 50.2 Å². The van der Waals surface area contributed by atoms with Crippen LogP contribution in [-0.4, -0.2) is 68.2 Å². The molecule has 0 bridgehead atoms. The van der Waals surface area contributed by atoms with Crippen molar-refractivity contribution in [3.63, 3.8) is 0 Å². The highest BCUT2D eigenvalue weighted by atomic mass is 32.2. The Balaban J connectivity index is 1.11. The third-order valence-corrected chi connectivity index (χ3v) is 10.1. The SMILES string of the molecule is CC(=O)N1CCCc2cc(S(=O)(=O)N3CCC(C(=O)NC4CCN(Cc5ccccc5)CC4)CC3)ccc21. The summed E-state index contributed by atoms with van der Waals surface area (Å²) in [5, 5.41) is 3.24. The maximum absolute atomic E-state index is 13.4. The lowest BCUT2D eigenvalue weighted by Crippen LogP contribution is -2.48. The normalized spacial score (nSPS) is 20.2. The van der Waals surface area contributed by atoms with E-state index in [4.69, 9.17) is 0 Å². The number of hydrogen-bond acceptors (Lipinski definition) is 5. The number of nitrogens with one attached hydrogen (secondary N) is 1. The number of hydrogen-bond donors (Lipinski definition) is 1. The van der Waals surface area contributed by atoms with Crippen molar-refractivity contribution in [2.75, 3.05) is 37.6 Å². The van der Waals surface area contributed by atoms with Gasteiger partial charge in [-0.15, -0.1) is 0 Å². The first kappa shape index (κ1) is 26.8. The summed E-state index contributed by atoms with van der Waals surface area (Å²) in [6.45, 7) is 5.74. The van der Waals surface area contributed by atoms with Gasteiger partial charge < -0.3 is 10.2 Å². The lowest BCUT2D eigenvalue weighted by molar-refractivity contribution is -0.127. The zero-order chi connectivity index (χ0) is 26.7. The van der Waals surface area contributed by atoms with Crippen LogP contribution in [0.25, 0.3) is 0 Å². The highest BCUT2D eigenvalue weighted by Gasteiger charge is 2.34. The monoisotopic (exact) mass is 538 g/mol. The Kier molecular flexibility index (Phi) is 8.16. The minimum atomic E-state index is -3.65. The molecule has 8 nitrogen and oxygen atoms in total. The van der Waals surface area contributed by atoms with Gasteiger partial charge in [-0.2, -0.15) is 4.31 Å². The minimum Gasteiger partial charge on any atom is -0.353 e. The van der Waals surface area contributed by atoms with E-state index in [2.05, 4.69) is 34.5 Å². The summed E-state index contributed by atoms with van der Waals surface area (Å²) in [6.07, 6.45) is 4.51. The fourth-order valence-electron chi connectivity index (χ4n) is 5.96. The number of amides is 2. The molecule has 0 radical (unpaired) electrons. The second kappa shape index (κ2) is 11.6. The predicted molar refractivity (Wildman–Crippen MR) is 147 cm³/mol. The molecule has 0 saturated carbocycles. The number of carbonyl (C=O) groups is 2. The lowest BCUT2D eigenvalue weighted by atomic mass is 9.95. The second-order valence-corrected chi connectivity index (χ2v) is 12.7. The molecule has 38 heavy (non-hydrogen) atoms. The zero-order valence-electron chi connectivity index (χ0n) is 22.1. The summed E-state index contributed by atoms with van der Waals surface area (Å²) >= 11 is 0. The van der Waals surface area contributed by atoms with Crippen LogP contribution in [0.2, 0.25) is 0 Å². The molecule has 1 N–H and O–H groups in total. The van der Waals surface area contributed by atoms with Crippen LogP contribution in [-0.2, 0) is 32.6 Å². The van der Waals surface area contributed by atoms with Gasteiger partial charge in [0.1, 0.15) is 0 Å². The number of nitrogens with zero attached hydrogens (tertiary/aromatic N) is 3. The van der Waals surface area contributed by atoms with Crippen molar-refractivity contribution in [2.45, 2.75) is 62.9 Å². The Bertz CT molecular complexity index is 1250. The first-order chi connectivity index (χ1) is 18.3. The van der Waals surface area contributed by atoms with Crippen molar-refractivity contribution >= 4 is 27.5 Å². The van der Waals surface area contributed by atoms with Gasteiger partial charge in [0.15, 0.2) is 0 Å². The van der Waals surface area contributed by atoms with Crippen LogP contribution in [0, 0.1) is 5.92 Å². The van der Waals surface area contributed by atoms with E-state index in [0.717, 1.165) is 56.6 Å². The van der Waals surface area contributed by atoms with Crippen LogP contribution in [0.15, 0.2) is 53.4 Å². The number of piperidine rings is 2. The van der Waals surface area contributed by atoms with Crippen LogP contribution < -0.4 is 10.2 Å². The van der Waals surface area contributed by atoms with E-state index in [9.17, 15) is 18.0 Å². The summed E-state index contributed by atoms with van der Waals surface area (Å²) in [4.78, 5) is 29.4. The molecule has 0 spiro atoms. The average molecular weight is 539 g/mol. The van der Waals surface area contributed by atoms with Crippen LogP contribution >= 0.6 is 0 Å². The molecule has 2 saturated heterocycles. The highest BCUT2D eigenvalue weighted by molar-refractivity contribution is 7.89. The molecular weight excluding hydrogens is 500 g/mol. The third kappa shape index (κ3) is 5.95. The molecule has 0 atom stereocenters. The summed E-state index contributed by atoms with van der Waals surface area (Å²) in [5.74, 6) is -0.127. The number of sulfonamides is 1. The highest BCUT2D eigenvalue weighted by Crippen LogP contribution is 2.32. The number of rotatable bonds is 6. The van der Waals surface area contributed by atoms with E-state index in [1.807, 2.05) is 6.07 Å². The van der Waals surface area contributed by atoms with Gasteiger partial charge in [-0.3, -0.25) is 14.5 Å². The number of fused-ring (bicyclic) bond motifs is 1. The van der Waals surface area contributed by atoms with E-state index in [1.165, 1.54) is 16.8 Å². The molecule has 204 valence electrons. The van der Waals surface area contributed by atoms with Gasteiger partial charge in [0.2, 0.25) is 21.8 Å². The van der Waals surface area contributed by atoms with Gasteiger partial charge in [-0.1, -0.05) is 30.3 Å². The van der Waals surface area contributed by atoms with Crippen molar-refractivity contribution < 1.29 is 18.0 Å². The Morgan fingerprint density at radius 2 is 1.63 bits per heavy atom. The Morgan fingerprint density at radius 3 is 2.32 bits per heavy atom. The Labute approximate surface area is 226 Å². The van der Waals surface area contributed by atoms with Crippen LogP contribution in [0.3, 0.4) is 0 Å². The van der Waals surface area contributed by atoms with Gasteiger partial charge >= 0.3 is 0 Å². The van der Waals surface area contributed by atoms with Gasteiger partial charge in [0.25, 0.3) is 0 Å². The molecule has 2 aromatic carbocycles. The molecular formula is C29H38N4O4S. The van der Waals surface area contributed by atoms with Gasteiger partial charge in [-0.25, -0.2) is 8.42 Å². The zero-order valence-corrected chi connectivity index (χ0v) is 23.0. The maximum Gasteiger partial charge on any atom is 0.243 e. The largest absolute Gasteiger partial charge is 0.353 e. The standard InChI is InChI=1S/C29H38N4O4S/c1-22(34)33-15-5-8-25-20-27(9-10-28(25)33)38(36,37)32-18-11-24(12-19-32)29(35)30-26-13-16-31(17-14-26)21-23-6-3-2-4-7-23/h2-4,6-7,9-10,20,24,26H,5,8,11-19,21H2,1H3,(H,30,35). The first-order valence-corrected chi connectivity index (χ1v) is 15.2. The number of carbonyl (C=O) groups excluding carboxylic acids is 2. The molecule has 3 aliphatic rings. The quantitative estimate of drug-likeness (QED) is 0.610. The van der Waals surface area contributed by atoms with Gasteiger partial charge in [0.05, 0.1) is 4.90 Å². The first-order valence-electron chi connectivity index (χ1n) is 13.8. The summed E-state index contributed by atoms with van der Waals surface area (Å²) in [7, 11) is -3.65. The molecule has 2 amide bonds. The number of likely N-dealkylation sites (tertiary alicyclic amines) is 1. The lowest BCUT2D eigenvalue weighted by Gasteiger charge is -2.35. The molecule has 0 aliphatic carbocycles. The van der Waals surface area contributed by atoms with Crippen molar-refractivity contribution in [3.05, 3.63) is 59.7 Å². The van der Waals surface area contributed by atoms with E-state index in [1.54, 1.807) is 23.1 Å². The molecule has 5 rings (SSSR count). The van der Waals surface area contributed by atoms with Crippen molar-refractivity contribution in [3.8, 4) is 0 Å². The molecule has 2 fully saturated rings.